The van der Waals surface area contributed by atoms with Gasteiger partial charge in [0.2, 0.25) is 5.91 Å². The standard InChI is InChI=1S/C26H18ClFN2O3S/c1-14(9-25(31)30-26-29-21-8-5-16(27)10-24(21)34-26)18-11-19-20(15-3-6-17(28)7-4-15)13-33-23(19)12-22(18)32-2/h3-13H,1-2H3,(H,29,30,31)/b14-9+. The Morgan fingerprint density at radius 2 is 1.97 bits per heavy atom. The molecule has 0 spiro atoms. The van der Waals surface area contributed by atoms with Crippen LogP contribution in [0.3, 0.4) is 0 Å². The van der Waals surface area contributed by atoms with Crippen LogP contribution in [0.5, 0.6) is 5.75 Å². The number of hydrogen-bond donors (Lipinski definition) is 1. The Kier molecular flexibility index (Phi) is 5.81. The topological polar surface area (TPSA) is 64.4 Å². The number of fused-ring (bicyclic) bond motifs is 2. The quantitative estimate of drug-likeness (QED) is 0.257. The first-order valence-corrected chi connectivity index (χ1v) is 11.5. The Morgan fingerprint density at radius 3 is 2.74 bits per heavy atom. The van der Waals surface area contributed by atoms with Gasteiger partial charge < -0.3 is 9.15 Å². The number of nitrogens with zero attached hydrogens (tertiary/aromatic N) is 1. The summed E-state index contributed by atoms with van der Waals surface area (Å²) in [6.07, 6.45) is 3.13. The van der Waals surface area contributed by atoms with Gasteiger partial charge in [-0.25, -0.2) is 9.37 Å². The van der Waals surface area contributed by atoms with Crippen LogP contribution in [-0.4, -0.2) is 18.0 Å². The fourth-order valence-corrected chi connectivity index (χ4v) is 4.90. The average Bonchev–Trinajstić information content (AvgIpc) is 3.41. The van der Waals surface area contributed by atoms with Crippen LogP contribution >= 0.6 is 22.9 Å². The predicted molar refractivity (Wildman–Crippen MR) is 135 cm³/mol. The van der Waals surface area contributed by atoms with Crippen molar-refractivity contribution >= 4 is 60.7 Å². The molecule has 2 aromatic heterocycles. The van der Waals surface area contributed by atoms with Crippen LogP contribution in [0.25, 0.3) is 37.9 Å². The molecule has 0 aliphatic carbocycles. The van der Waals surface area contributed by atoms with E-state index in [-0.39, 0.29) is 11.7 Å². The van der Waals surface area contributed by atoms with Crippen molar-refractivity contribution in [1.82, 2.24) is 4.98 Å². The number of thiazole rings is 1. The molecule has 0 radical (unpaired) electrons. The number of nitrogens with one attached hydrogen (secondary N) is 1. The van der Waals surface area contributed by atoms with E-state index < -0.39 is 0 Å². The Morgan fingerprint density at radius 1 is 1.18 bits per heavy atom. The van der Waals surface area contributed by atoms with Crippen molar-refractivity contribution < 1.29 is 18.3 Å². The highest BCUT2D eigenvalue weighted by Gasteiger charge is 2.15. The number of carbonyl (C=O) groups is 1. The number of furan rings is 1. The maximum Gasteiger partial charge on any atom is 0.250 e. The highest BCUT2D eigenvalue weighted by Crippen LogP contribution is 2.37. The molecule has 5 nitrogen and oxygen atoms in total. The monoisotopic (exact) mass is 492 g/mol. The molecule has 2 heterocycles. The third kappa shape index (κ3) is 4.27. The summed E-state index contributed by atoms with van der Waals surface area (Å²) in [5, 5.41) is 4.76. The van der Waals surface area contributed by atoms with Gasteiger partial charge in [0.15, 0.2) is 5.13 Å². The lowest BCUT2D eigenvalue weighted by Gasteiger charge is -2.10. The second-order valence-electron chi connectivity index (χ2n) is 7.65. The molecule has 1 N–H and O–H groups in total. The molecule has 0 unspecified atom stereocenters. The number of methoxy groups -OCH3 is 1. The Bertz CT molecular complexity index is 1570. The second kappa shape index (κ2) is 8.93. The lowest BCUT2D eigenvalue weighted by molar-refractivity contribution is -0.111. The molecular formula is C26H18ClFN2O3S. The van der Waals surface area contributed by atoms with Crippen molar-refractivity contribution in [3.05, 3.63) is 83.3 Å². The molecule has 0 fully saturated rings. The van der Waals surface area contributed by atoms with Gasteiger partial charge in [-0.2, -0.15) is 0 Å². The zero-order chi connectivity index (χ0) is 23.8. The van der Waals surface area contributed by atoms with Crippen molar-refractivity contribution in [3.8, 4) is 16.9 Å². The Labute approximate surface area is 203 Å². The molecule has 0 saturated heterocycles. The molecule has 0 atom stereocenters. The molecule has 34 heavy (non-hydrogen) atoms. The van der Waals surface area contributed by atoms with Gasteiger partial charge in [0, 0.05) is 33.7 Å². The van der Waals surface area contributed by atoms with E-state index >= 15 is 0 Å². The number of carbonyl (C=O) groups excluding carboxylic acids is 1. The number of benzene rings is 3. The minimum absolute atomic E-state index is 0.306. The van der Waals surface area contributed by atoms with E-state index in [1.54, 1.807) is 37.6 Å². The van der Waals surface area contributed by atoms with Gasteiger partial charge in [-0.3, -0.25) is 10.1 Å². The van der Waals surface area contributed by atoms with Gasteiger partial charge in [0.05, 0.1) is 23.6 Å². The van der Waals surface area contributed by atoms with Gasteiger partial charge in [-0.1, -0.05) is 35.1 Å². The lowest BCUT2D eigenvalue weighted by atomic mass is 9.99. The average molecular weight is 493 g/mol. The number of rotatable bonds is 5. The summed E-state index contributed by atoms with van der Waals surface area (Å²) in [6, 6.07) is 15.3. The highest BCUT2D eigenvalue weighted by molar-refractivity contribution is 7.22. The van der Waals surface area contributed by atoms with E-state index in [4.69, 9.17) is 20.8 Å². The number of ether oxygens (including phenoxy) is 1. The van der Waals surface area contributed by atoms with E-state index in [2.05, 4.69) is 10.3 Å². The molecule has 3 aromatic carbocycles. The summed E-state index contributed by atoms with van der Waals surface area (Å²) in [5.74, 6) is -0.0423. The molecule has 0 aliphatic rings. The lowest BCUT2D eigenvalue weighted by Crippen LogP contribution is -2.08. The minimum atomic E-state index is -0.309. The minimum Gasteiger partial charge on any atom is -0.496 e. The van der Waals surface area contributed by atoms with E-state index in [1.165, 1.54) is 29.5 Å². The van der Waals surface area contributed by atoms with E-state index in [0.29, 0.717) is 27.1 Å². The summed E-state index contributed by atoms with van der Waals surface area (Å²) < 4.78 is 25.5. The van der Waals surface area contributed by atoms with Crippen LogP contribution in [-0.2, 0) is 4.79 Å². The van der Waals surface area contributed by atoms with Crippen molar-refractivity contribution in [2.75, 3.05) is 12.4 Å². The van der Waals surface area contributed by atoms with Crippen LogP contribution in [0.4, 0.5) is 9.52 Å². The molecule has 0 saturated carbocycles. The molecule has 0 aliphatic heterocycles. The summed E-state index contributed by atoms with van der Waals surface area (Å²) in [4.78, 5) is 17.2. The molecule has 5 rings (SSSR count). The zero-order valence-corrected chi connectivity index (χ0v) is 19.8. The van der Waals surface area contributed by atoms with Crippen molar-refractivity contribution in [1.29, 1.82) is 0 Å². The van der Waals surface area contributed by atoms with Crippen molar-refractivity contribution in [2.45, 2.75) is 6.92 Å². The van der Waals surface area contributed by atoms with Crippen LogP contribution < -0.4 is 10.1 Å². The van der Waals surface area contributed by atoms with E-state index in [9.17, 15) is 9.18 Å². The molecule has 1 amide bonds. The van der Waals surface area contributed by atoms with Crippen LogP contribution in [0.1, 0.15) is 12.5 Å². The molecular weight excluding hydrogens is 475 g/mol. The van der Waals surface area contributed by atoms with Gasteiger partial charge in [0.1, 0.15) is 17.1 Å². The normalized spacial score (nSPS) is 11.8. The van der Waals surface area contributed by atoms with Crippen LogP contribution in [0.2, 0.25) is 5.02 Å². The summed E-state index contributed by atoms with van der Waals surface area (Å²) in [5.41, 5.74) is 4.49. The number of halogens is 2. The zero-order valence-electron chi connectivity index (χ0n) is 18.2. The van der Waals surface area contributed by atoms with Crippen LogP contribution in [0, 0.1) is 5.82 Å². The maximum atomic E-state index is 13.4. The van der Waals surface area contributed by atoms with Gasteiger partial charge in [0.25, 0.3) is 0 Å². The first-order valence-electron chi connectivity index (χ1n) is 10.3. The molecule has 5 aromatic rings. The second-order valence-corrected chi connectivity index (χ2v) is 9.12. The summed E-state index contributed by atoms with van der Waals surface area (Å²) in [6.45, 7) is 1.83. The summed E-state index contributed by atoms with van der Waals surface area (Å²) >= 11 is 7.39. The van der Waals surface area contributed by atoms with E-state index in [1.807, 2.05) is 25.1 Å². The molecule has 8 heteroatoms. The van der Waals surface area contributed by atoms with Gasteiger partial charge in [-0.05, 0) is 54.5 Å². The van der Waals surface area contributed by atoms with Crippen molar-refractivity contribution in [2.24, 2.45) is 0 Å². The number of amides is 1. The smallest absolute Gasteiger partial charge is 0.250 e. The van der Waals surface area contributed by atoms with Crippen LogP contribution in [0.15, 0.2) is 71.4 Å². The number of aromatic nitrogens is 1. The first kappa shape index (κ1) is 22.1. The highest BCUT2D eigenvalue weighted by atomic mass is 35.5. The fraction of sp³-hybridized carbons (Fsp3) is 0.0769. The predicted octanol–water partition coefficient (Wildman–Crippen LogP) is 7.55. The van der Waals surface area contributed by atoms with Gasteiger partial charge >= 0.3 is 0 Å². The van der Waals surface area contributed by atoms with Crippen molar-refractivity contribution in [3.63, 3.8) is 0 Å². The summed E-state index contributed by atoms with van der Waals surface area (Å²) in [7, 11) is 1.56. The SMILES string of the molecule is COc1cc2occ(-c3ccc(F)cc3)c2cc1/C(C)=C/C(=O)Nc1nc2ccc(Cl)cc2s1. The molecule has 0 bridgehead atoms. The van der Waals surface area contributed by atoms with E-state index in [0.717, 1.165) is 32.3 Å². The maximum absolute atomic E-state index is 13.4. The third-order valence-electron chi connectivity index (χ3n) is 5.40. The Balaban J connectivity index is 1.47. The third-order valence-corrected chi connectivity index (χ3v) is 6.57. The number of anilines is 1. The van der Waals surface area contributed by atoms with Gasteiger partial charge in [-0.15, -0.1) is 0 Å². The fourth-order valence-electron chi connectivity index (χ4n) is 3.75. The number of hydrogen-bond acceptors (Lipinski definition) is 5. The number of allylic oxidation sites excluding steroid dienone is 1. The Hall–Kier alpha value is -3.68. The first-order chi connectivity index (χ1) is 16.4. The largest absolute Gasteiger partial charge is 0.496 e. The molecule has 170 valence electrons.